The number of carbonyl (C=O) groups is 1. The highest BCUT2D eigenvalue weighted by atomic mass is 32.2. The van der Waals surface area contributed by atoms with Crippen LogP contribution in [0, 0.1) is 0 Å². The summed E-state index contributed by atoms with van der Waals surface area (Å²) >= 11 is 1.57. The van der Waals surface area contributed by atoms with Crippen LogP contribution in [0.5, 0.6) is 0 Å². The lowest BCUT2D eigenvalue weighted by Gasteiger charge is -2.15. The van der Waals surface area contributed by atoms with Crippen LogP contribution in [0.3, 0.4) is 0 Å². The van der Waals surface area contributed by atoms with Crippen molar-refractivity contribution in [2.45, 2.75) is 23.9 Å². The van der Waals surface area contributed by atoms with Crippen molar-refractivity contribution in [2.75, 3.05) is 18.8 Å². The summed E-state index contributed by atoms with van der Waals surface area (Å²) in [5.41, 5.74) is 1.04. The van der Waals surface area contributed by atoms with Gasteiger partial charge in [0.2, 0.25) is 5.91 Å². The van der Waals surface area contributed by atoms with E-state index in [9.17, 15) is 4.79 Å². The van der Waals surface area contributed by atoms with E-state index in [4.69, 9.17) is 4.42 Å². The summed E-state index contributed by atoms with van der Waals surface area (Å²) in [5.74, 6) is 3.03. The minimum atomic E-state index is 0.196. The Morgan fingerprint density at radius 3 is 2.85 bits per heavy atom. The molecule has 1 amide bonds. The number of aromatic nitrogens is 3. The lowest BCUT2D eigenvalue weighted by Crippen LogP contribution is -2.28. The quantitative estimate of drug-likeness (QED) is 0.610. The predicted octanol–water partition coefficient (Wildman–Crippen LogP) is 3.57. The normalized spacial score (nSPS) is 16.8. The smallest absolute Gasteiger partial charge is 0.223 e. The van der Waals surface area contributed by atoms with Crippen molar-refractivity contribution in [1.82, 2.24) is 19.7 Å². The first-order valence-electron chi connectivity index (χ1n) is 9.11. The van der Waals surface area contributed by atoms with Crippen LogP contribution in [0.25, 0.3) is 11.4 Å². The minimum Gasteiger partial charge on any atom is -0.469 e. The van der Waals surface area contributed by atoms with Gasteiger partial charge in [-0.05, 0) is 18.6 Å². The van der Waals surface area contributed by atoms with Crippen molar-refractivity contribution in [1.29, 1.82) is 0 Å². The molecule has 1 fully saturated rings. The fraction of sp³-hybridized carbons (Fsp3) is 0.350. The number of hydrogen-bond acceptors (Lipinski definition) is 5. The van der Waals surface area contributed by atoms with Gasteiger partial charge in [0, 0.05) is 43.8 Å². The average molecular weight is 382 g/mol. The largest absolute Gasteiger partial charge is 0.469 e. The first kappa shape index (κ1) is 17.9. The van der Waals surface area contributed by atoms with Crippen LogP contribution in [-0.2, 0) is 11.8 Å². The molecule has 0 bridgehead atoms. The zero-order valence-electron chi connectivity index (χ0n) is 15.2. The van der Waals surface area contributed by atoms with Crippen LogP contribution in [0.15, 0.2) is 58.3 Å². The summed E-state index contributed by atoms with van der Waals surface area (Å²) in [6.45, 7) is 1.55. The number of likely N-dealkylation sites (tertiary alicyclic amines) is 1. The maximum absolute atomic E-state index is 12.5. The molecule has 1 saturated heterocycles. The lowest BCUT2D eigenvalue weighted by atomic mass is 10.1. The van der Waals surface area contributed by atoms with E-state index < -0.39 is 0 Å². The molecule has 0 aliphatic carbocycles. The Morgan fingerprint density at radius 1 is 1.22 bits per heavy atom. The van der Waals surface area contributed by atoms with E-state index in [0.717, 1.165) is 41.8 Å². The monoisotopic (exact) mass is 382 g/mol. The van der Waals surface area contributed by atoms with Crippen LogP contribution in [0.2, 0.25) is 0 Å². The molecule has 4 rings (SSSR count). The van der Waals surface area contributed by atoms with Crippen LogP contribution in [0.1, 0.15) is 24.5 Å². The molecule has 1 aliphatic rings. The topological polar surface area (TPSA) is 64.2 Å². The second-order valence-electron chi connectivity index (χ2n) is 6.67. The van der Waals surface area contributed by atoms with Crippen molar-refractivity contribution >= 4 is 17.7 Å². The molecule has 7 heteroatoms. The first-order valence-corrected chi connectivity index (χ1v) is 10.1. The van der Waals surface area contributed by atoms with E-state index >= 15 is 0 Å². The summed E-state index contributed by atoms with van der Waals surface area (Å²) in [7, 11) is 1.96. The second kappa shape index (κ2) is 8.00. The van der Waals surface area contributed by atoms with Gasteiger partial charge in [0.1, 0.15) is 5.76 Å². The number of rotatable bonds is 6. The number of benzene rings is 1. The summed E-state index contributed by atoms with van der Waals surface area (Å²) in [6.07, 6.45) is 3.17. The highest BCUT2D eigenvalue weighted by Crippen LogP contribution is 2.28. The third-order valence-electron chi connectivity index (χ3n) is 4.90. The number of amides is 1. The Labute approximate surface area is 162 Å². The molecule has 27 heavy (non-hydrogen) atoms. The van der Waals surface area contributed by atoms with Crippen LogP contribution in [-0.4, -0.2) is 44.4 Å². The molecule has 0 N–H and O–H groups in total. The lowest BCUT2D eigenvalue weighted by molar-refractivity contribution is -0.129. The Hall–Kier alpha value is -2.54. The van der Waals surface area contributed by atoms with Gasteiger partial charge in [-0.1, -0.05) is 42.1 Å². The first-order chi connectivity index (χ1) is 13.2. The molecular weight excluding hydrogens is 360 g/mol. The highest BCUT2D eigenvalue weighted by Gasteiger charge is 2.28. The third-order valence-corrected chi connectivity index (χ3v) is 5.92. The average Bonchev–Trinajstić information content (AvgIpc) is 3.44. The van der Waals surface area contributed by atoms with Gasteiger partial charge in [-0.25, -0.2) is 0 Å². The predicted molar refractivity (Wildman–Crippen MR) is 104 cm³/mol. The summed E-state index contributed by atoms with van der Waals surface area (Å²) in [5, 5.41) is 9.39. The van der Waals surface area contributed by atoms with E-state index in [1.807, 2.05) is 59.0 Å². The number of furan rings is 1. The van der Waals surface area contributed by atoms with Gasteiger partial charge in [0.05, 0.1) is 6.26 Å². The third kappa shape index (κ3) is 3.93. The standard InChI is InChI=1S/C20H22N4O2S/c1-23-19(15-6-3-2-4-7-15)21-22-20(23)27-13-10-18(25)24-11-9-16(14-24)17-8-5-12-26-17/h2-8,12,16H,9-11,13-14H2,1H3. The number of carbonyl (C=O) groups excluding carboxylic acids is 1. The SMILES string of the molecule is Cn1c(SCCC(=O)N2CCC(c3ccco3)C2)nnc1-c1ccccc1. The second-order valence-corrected chi connectivity index (χ2v) is 7.73. The van der Waals surface area contributed by atoms with Crippen LogP contribution >= 0.6 is 11.8 Å². The molecule has 1 aromatic carbocycles. The maximum Gasteiger partial charge on any atom is 0.223 e. The fourth-order valence-electron chi connectivity index (χ4n) is 3.41. The van der Waals surface area contributed by atoms with Crippen molar-refractivity contribution in [3.8, 4) is 11.4 Å². The van der Waals surface area contributed by atoms with Crippen molar-refractivity contribution in [3.63, 3.8) is 0 Å². The van der Waals surface area contributed by atoms with Gasteiger partial charge in [0.15, 0.2) is 11.0 Å². The van der Waals surface area contributed by atoms with Crippen molar-refractivity contribution < 1.29 is 9.21 Å². The molecule has 1 unspecified atom stereocenters. The number of thioether (sulfide) groups is 1. The van der Waals surface area contributed by atoms with E-state index in [1.165, 1.54) is 0 Å². The highest BCUT2D eigenvalue weighted by molar-refractivity contribution is 7.99. The Bertz CT molecular complexity index is 892. The molecule has 3 heterocycles. The van der Waals surface area contributed by atoms with Gasteiger partial charge in [0.25, 0.3) is 0 Å². The molecule has 0 radical (unpaired) electrons. The molecule has 0 saturated carbocycles. The Balaban J connectivity index is 1.29. The minimum absolute atomic E-state index is 0.196. The summed E-state index contributed by atoms with van der Waals surface area (Å²) in [4.78, 5) is 14.4. The van der Waals surface area contributed by atoms with Gasteiger partial charge >= 0.3 is 0 Å². The molecule has 1 atom stereocenters. The van der Waals surface area contributed by atoms with Gasteiger partial charge < -0.3 is 13.9 Å². The molecule has 140 valence electrons. The van der Waals surface area contributed by atoms with Crippen molar-refractivity contribution in [3.05, 3.63) is 54.5 Å². The zero-order chi connectivity index (χ0) is 18.6. The van der Waals surface area contributed by atoms with E-state index in [2.05, 4.69) is 10.2 Å². The number of nitrogens with zero attached hydrogens (tertiary/aromatic N) is 4. The summed E-state index contributed by atoms with van der Waals surface area (Å²) < 4.78 is 7.46. The van der Waals surface area contributed by atoms with E-state index in [0.29, 0.717) is 18.1 Å². The summed E-state index contributed by atoms with van der Waals surface area (Å²) in [6, 6.07) is 13.9. The van der Waals surface area contributed by atoms with Crippen LogP contribution in [0.4, 0.5) is 0 Å². The molecule has 2 aromatic heterocycles. The molecule has 3 aromatic rings. The zero-order valence-corrected chi connectivity index (χ0v) is 16.1. The molecule has 1 aliphatic heterocycles. The Morgan fingerprint density at radius 2 is 2.07 bits per heavy atom. The van der Waals surface area contributed by atoms with Gasteiger partial charge in [-0.15, -0.1) is 10.2 Å². The van der Waals surface area contributed by atoms with Gasteiger partial charge in [-0.3, -0.25) is 4.79 Å². The van der Waals surface area contributed by atoms with Crippen molar-refractivity contribution in [2.24, 2.45) is 7.05 Å². The Kier molecular flexibility index (Phi) is 5.29. The van der Waals surface area contributed by atoms with Crippen LogP contribution < -0.4 is 0 Å². The molecule has 0 spiro atoms. The van der Waals surface area contributed by atoms with Gasteiger partial charge in [-0.2, -0.15) is 0 Å². The van der Waals surface area contributed by atoms with E-state index in [1.54, 1.807) is 18.0 Å². The van der Waals surface area contributed by atoms with E-state index in [-0.39, 0.29) is 5.91 Å². The maximum atomic E-state index is 12.5. The molecular formula is C20H22N4O2S. The molecule has 6 nitrogen and oxygen atoms in total. The fourth-order valence-corrected chi connectivity index (χ4v) is 4.25. The number of hydrogen-bond donors (Lipinski definition) is 0.